The molecule has 23 heavy (non-hydrogen) atoms. The Kier molecular flexibility index (Phi) is 3.64. The molecule has 5 heteroatoms. The molecule has 2 aromatic rings. The Hall–Kier alpha value is -2.69. The maximum absolute atomic E-state index is 12.1. The van der Waals surface area contributed by atoms with E-state index in [1.807, 2.05) is 25.1 Å². The predicted octanol–water partition coefficient (Wildman–Crippen LogP) is 2.45. The first-order valence-corrected chi connectivity index (χ1v) is 7.54. The second-order valence-electron chi connectivity index (χ2n) is 6.17. The van der Waals surface area contributed by atoms with Gasteiger partial charge in [-0.05, 0) is 37.1 Å². The molecule has 118 valence electrons. The fourth-order valence-corrected chi connectivity index (χ4v) is 2.79. The second-order valence-corrected chi connectivity index (χ2v) is 6.17. The largest absolute Gasteiger partial charge is 0.369 e. The molecule has 1 aromatic heterocycles. The van der Waals surface area contributed by atoms with Gasteiger partial charge in [0.15, 0.2) is 5.96 Å². The summed E-state index contributed by atoms with van der Waals surface area (Å²) in [4.78, 5) is 22.5. The van der Waals surface area contributed by atoms with E-state index in [9.17, 15) is 4.79 Å². The Labute approximate surface area is 135 Å². The zero-order valence-electron chi connectivity index (χ0n) is 13.6. The molecule has 0 saturated heterocycles. The van der Waals surface area contributed by atoms with Gasteiger partial charge < -0.3 is 5.73 Å². The smallest absolute Gasteiger partial charge is 0.231 e. The average molecular weight is 308 g/mol. The Morgan fingerprint density at radius 1 is 1.22 bits per heavy atom. The molecule has 0 spiro atoms. The van der Waals surface area contributed by atoms with Crippen molar-refractivity contribution in [2.75, 3.05) is 7.05 Å². The predicted molar refractivity (Wildman–Crippen MR) is 90.8 cm³/mol. The van der Waals surface area contributed by atoms with E-state index in [0.717, 1.165) is 16.8 Å². The molecule has 0 fully saturated rings. The zero-order valence-corrected chi connectivity index (χ0v) is 13.6. The number of pyridine rings is 1. The number of benzene rings is 1. The summed E-state index contributed by atoms with van der Waals surface area (Å²) in [6.45, 7) is 3.96. The molecule has 3 rings (SSSR count). The maximum atomic E-state index is 12.1. The van der Waals surface area contributed by atoms with Gasteiger partial charge in [-0.15, -0.1) is 0 Å². The van der Waals surface area contributed by atoms with Gasteiger partial charge in [-0.3, -0.25) is 14.7 Å². The Balaban J connectivity index is 2.05. The van der Waals surface area contributed by atoms with E-state index in [2.05, 4.69) is 35.1 Å². The highest BCUT2D eigenvalue weighted by Crippen LogP contribution is 2.33. The highest BCUT2D eigenvalue weighted by molar-refractivity contribution is 5.98. The Morgan fingerprint density at radius 2 is 1.96 bits per heavy atom. The molecule has 0 bridgehead atoms. The van der Waals surface area contributed by atoms with Gasteiger partial charge in [-0.2, -0.15) is 0 Å². The van der Waals surface area contributed by atoms with Crippen molar-refractivity contribution in [2.24, 2.45) is 10.7 Å². The fraction of sp³-hybridized carbons (Fsp3) is 0.278. The maximum Gasteiger partial charge on any atom is 0.231 e. The summed E-state index contributed by atoms with van der Waals surface area (Å²) in [6.07, 6.45) is 2.02. The first kappa shape index (κ1) is 15.2. The molecular formula is C18H20N4O. The lowest BCUT2D eigenvalue weighted by atomic mass is 9.90. The number of aliphatic imine (C=N–C) groups is 1. The van der Waals surface area contributed by atoms with Crippen LogP contribution in [-0.2, 0) is 10.3 Å². The van der Waals surface area contributed by atoms with Crippen LogP contribution in [-0.4, -0.2) is 28.8 Å². The van der Waals surface area contributed by atoms with E-state index in [0.29, 0.717) is 0 Å². The minimum Gasteiger partial charge on any atom is -0.369 e. The molecule has 1 aliphatic rings. The van der Waals surface area contributed by atoms with E-state index in [-0.39, 0.29) is 18.3 Å². The number of amides is 1. The van der Waals surface area contributed by atoms with Crippen molar-refractivity contribution in [3.63, 3.8) is 0 Å². The molecule has 0 saturated carbocycles. The monoisotopic (exact) mass is 308 g/mol. The van der Waals surface area contributed by atoms with E-state index >= 15 is 0 Å². The first-order valence-electron chi connectivity index (χ1n) is 7.54. The fourth-order valence-electron chi connectivity index (χ4n) is 2.79. The number of nitrogens with two attached hydrogens (primary N) is 1. The van der Waals surface area contributed by atoms with E-state index < -0.39 is 5.54 Å². The molecular weight excluding hydrogens is 288 g/mol. The average Bonchev–Trinajstić information content (AvgIpc) is 2.53. The van der Waals surface area contributed by atoms with E-state index in [1.165, 1.54) is 10.5 Å². The van der Waals surface area contributed by atoms with Gasteiger partial charge in [0.2, 0.25) is 5.91 Å². The number of aryl methyl sites for hydroxylation is 1. The lowest BCUT2D eigenvalue weighted by Gasteiger charge is -2.32. The highest BCUT2D eigenvalue weighted by Gasteiger charge is 2.37. The lowest BCUT2D eigenvalue weighted by molar-refractivity contribution is -0.128. The van der Waals surface area contributed by atoms with Gasteiger partial charge in [-0.25, -0.2) is 4.99 Å². The number of hydrogen-bond acceptors (Lipinski definition) is 4. The quantitative estimate of drug-likeness (QED) is 0.926. The van der Waals surface area contributed by atoms with Crippen LogP contribution in [0.25, 0.3) is 11.1 Å². The SMILES string of the molecule is Cc1cccc(-c2ccnc([C@]3(C)CC(=O)N(C)C(N)=N3)c2)c1. The Bertz CT molecular complexity index is 799. The molecule has 0 unspecified atom stereocenters. The number of guanidine groups is 1. The number of hydrogen-bond donors (Lipinski definition) is 1. The van der Waals surface area contributed by atoms with Crippen molar-refractivity contribution >= 4 is 11.9 Å². The Morgan fingerprint density at radius 3 is 2.65 bits per heavy atom. The summed E-state index contributed by atoms with van der Waals surface area (Å²) < 4.78 is 0. The summed E-state index contributed by atoms with van der Waals surface area (Å²) in [7, 11) is 1.64. The van der Waals surface area contributed by atoms with Gasteiger partial charge in [-0.1, -0.05) is 29.8 Å². The number of carbonyl (C=O) groups excluding carboxylic acids is 1. The van der Waals surface area contributed by atoms with Gasteiger partial charge >= 0.3 is 0 Å². The van der Waals surface area contributed by atoms with Crippen LogP contribution in [0.4, 0.5) is 0 Å². The second kappa shape index (κ2) is 5.50. The molecule has 2 N–H and O–H groups in total. The summed E-state index contributed by atoms with van der Waals surface area (Å²) in [5.74, 6) is 0.175. The van der Waals surface area contributed by atoms with Crippen LogP contribution < -0.4 is 5.73 Å². The third-order valence-electron chi connectivity index (χ3n) is 4.24. The summed E-state index contributed by atoms with van der Waals surface area (Å²) >= 11 is 0. The molecule has 1 aliphatic heterocycles. The zero-order chi connectivity index (χ0) is 16.6. The lowest BCUT2D eigenvalue weighted by Crippen LogP contribution is -2.47. The molecule has 1 aromatic carbocycles. The summed E-state index contributed by atoms with van der Waals surface area (Å²) in [6, 6.07) is 12.2. The van der Waals surface area contributed by atoms with Gasteiger partial charge in [0, 0.05) is 13.2 Å². The van der Waals surface area contributed by atoms with Crippen LogP contribution in [0, 0.1) is 6.92 Å². The molecule has 1 amide bonds. The van der Waals surface area contributed by atoms with Gasteiger partial charge in [0.25, 0.3) is 0 Å². The molecule has 5 nitrogen and oxygen atoms in total. The minimum atomic E-state index is -0.729. The van der Waals surface area contributed by atoms with Crippen molar-refractivity contribution in [1.29, 1.82) is 0 Å². The first-order chi connectivity index (χ1) is 10.9. The van der Waals surface area contributed by atoms with E-state index in [4.69, 9.17) is 5.73 Å². The number of rotatable bonds is 2. The molecule has 0 aliphatic carbocycles. The van der Waals surface area contributed by atoms with Crippen molar-refractivity contribution in [1.82, 2.24) is 9.88 Å². The van der Waals surface area contributed by atoms with E-state index in [1.54, 1.807) is 13.2 Å². The van der Waals surface area contributed by atoms with Crippen molar-refractivity contribution < 1.29 is 4.79 Å². The molecule has 0 radical (unpaired) electrons. The van der Waals surface area contributed by atoms with Crippen LogP contribution in [0.2, 0.25) is 0 Å². The van der Waals surface area contributed by atoms with Gasteiger partial charge in [0.1, 0.15) is 5.54 Å². The van der Waals surface area contributed by atoms with Crippen LogP contribution in [0.3, 0.4) is 0 Å². The van der Waals surface area contributed by atoms with Gasteiger partial charge in [0.05, 0.1) is 12.1 Å². The normalized spacial score (nSPS) is 21.3. The topological polar surface area (TPSA) is 71.6 Å². The number of carbonyl (C=O) groups is 1. The van der Waals surface area contributed by atoms with Crippen LogP contribution in [0.1, 0.15) is 24.6 Å². The molecule has 2 heterocycles. The third-order valence-corrected chi connectivity index (χ3v) is 4.24. The van der Waals surface area contributed by atoms with Crippen LogP contribution in [0.15, 0.2) is 47.6 Å². The van der Waals surface area contributed by atoms with Crippen LogP contribution >= 0.6 is 0 Å². The summed E-state index contributed by atoms with van der Waals surface area (Å²) in [5, 5.41) is 0. The standard InChI is InChI=1S/C18H20N4O/c1-12-5-4-6-13(9-12)14-7-8-20-15(10-14)18(2)11-16(23)22(3)17(19)21-18/h4-10H,11H2,1-3H3,(H2,19,21)/t18-/m0/s1. The minimum absolute atomic E-state index is 0.0530. The summed E-state index contributed by atoms with van der Waals surface area (Å²) in [5.41, 5.74) is 9.27. The van der Waals surface area contributed by atoms with Crippen LogP contribution in [0.5, 0.6) is 0 Å². The highest BCUT2D eigenvalue weighted by atomic mass is 16.2. The van der Waals surface area contributed by atoms with Crippen molar-refractivity contribution in [3.05, 3.63) is 53.9 Å². The molecule has 1 atom stereocenters. The number of aromatic nitrogens is 1. The van der Waals surface area contributed by atoms with Crippen molar-refractivity contribution in [3.8, 4) is 11.1 Å². The van der Waals surface area contributed by atoms with Crippen molar-refractivity contribution in [2.45, 2.75) is 25.8 Å². The third kappa shape index (κ3) is 2.82. The number of nitrogens with zero attached hydrogens (tertiary/aromatic N) is 3.